The van der Waals surface area contributed by atoms with Crippen LogP contribution in [0, 0.1) is 34.0 Å². The highest BCUT2D eigenvalue weighted by molar-refractivity contribution is 8.00. The van der Waals surface area contributed by atoms with Crippen LogP contribution in [0.3, 0.4) is 0 Å². The van der Waals surface area contributed by atoms with Crippen LogP contribution >= 0.6 is 11.8 Å². The zero-order valence-electron chi connectivity index (χ0n) is 15.6. The van der Waals surface area contributed by atoms with E-state index in [2.05, 4.69) is 11.1 Å². The molecule has 2 N–H and O–H groups in total. The van der Waals surface area contributed by atoms with Crippen LogP contribution < -0.4 is 10.6 Å². The molecule has 2 heterocycles. The van der Waals surface area contributed by atoms with Crippen molar-refractivity contribution in [3.05, 3.63) is 46.5 Å². The normalized spacial score (nSPS) is 18.0. The van der Waals surface area contributed by atoms with Gasteiger partial charge in [0.25, 0.3) is 0 Å². The minimum atomic E-state index is -0.757. The molecule has 2 aliphatic rings. The van der Waals surface area contributed by atoms with Crippen LogP contribution in [0.2, 0.25) is 0 Å². The van der Waals surface area contributed by atoms with Crippen molar-refractivity contribution in [3.8, 4) is 18.2 Å². The molecule has 2 amide bonds. The summed E-state index contributed by atoms with van der Waals surface area (Å²) in [5.74, 6) is -0.669. The molecule has 0 spiro atoms. The highest BCUT2D eigenvalue weighted by atomic mass is 32.2. The standard InChI is InChI=1S/C21H14N6O2S/c22-8-11-1-5-13(6-2-11)27-17(28)7-16(21(27)29)30-20-15(10-24)18(12-3-4-12)14(9-23)19(25)26-20/h1-2,5-6,12,16H,3-4,7H2,(H2,25,26). The zero-order valence-corrected chi connectivity index (χ0v) is 16.4. The van der Waals surface area contributed by atoms with Gasteiger partial charge in [-0.3, -0.25) is 9.59 Å². The predicted molar refractivity (Wildman–Crippen MR) is 108 cm³/mol. The Morgan fingerprint density at radius 1 is 1.03 bits per heavy atom. The van der Waals surface area contributed by atoms with E-state index < -0.39 is 11.2 Å². The second-order valence-corrected chi connectivity index (χ2v) is 8.19. The fourth-order valence-corrected chi connectivity index (χ4v) is 4.60. The first kappa shape index (κ1) is 19.4. The predicted octanol–water partition coefficient (Wildman–Crippen LogP) is 2.58. The van der Waals surface area contributed by atoms with Crippen molar-refractivity contribution >= 4 is 35.1 Å². The number of hydrogen-bond donors (Lipinski definition) is 1. The van der Waals surface area contributed by atoms with Crippen LogP contribution in [0.4, 0.5) is 11.5 Å². The van der Waals surface area contributed by atoms with Gasteiger partial charge >= 0.3 is 0 Å². The van der Waals surface area contributed by atoms with E-state index in [1.807, 2.05) is 12.1 Å². The largest absolute Gasteiger partial charge is 0.383 e. The van der Waals surface area contributed by atoms with Gasteiger partial charge in [-0.25, -0.2) is 9.88 Å². The second kappa shape index (κ2) is 7.51. The molecule has 4 rings (SSSR count). The number of aromatic nitrogens is 1. The van der Waals surface area contributed by atoms with Crippen molar-refractivity contribution in [2.45, 2.75) is 35.5 Å². The summed E-state index contributed by atoms with van der Waals surface area (Å²) in [6, 6.07) is 12.3. The van der Waals surface area contributed by atoms with Crippen molar-refractivity contribution in [2.75, 3.05) is 10.6 Å². The van der Waals surface area contributed by atoms with Crippen LogP contribution in [0.15, 0.2) is 29.3 Å². The lowest BCUT2D eigenvalue weighted by Crippen LogP contribution is -2.31. The number of thioether (sulfide) groups is 1. The number of amides is 2. The Morgan fingerprint density at radius 3 is 2.27 bits per heavy atom. The quantitative estimate of drug-likeness (QED) is 0.751. The lowest BCUT2D eigenvalue weighted by molar-refractivity contribution is -0.121. The van der Waals surface area contributed by atoms with E-state index in [0.29, 0.717) is 16.8 Å². The highest BCUT2D eigenvalue weighted by Gasteiger charge is 2.41. The van der Waals surface area contributed by atoms with E-state index in [1.165, 1.54) is 12.1 Å². The summed E-state index contributed by atoms with van der Waals surface area (Å²) in [6.45, 7) is 0. The van der Waals surface area contributed by atoms with Gasteiger partial charge in [0.2, 0.25) is 11.8 Å². The van der Waals surface area contributed by atoms with Crippen LogP contribution in [-0.2, 0) is 9.59 Å². The molecule has 8 nitrogen and oxygen atoms in total. The van der Waals surface area contributed by atoms with Crippen LogP contribution in [0.5, 0.6) is 0 Å². The Morgan fingerprint density at radius 2 is 1.70 bits per heavy atom. The van der Waals surface area contributed by atoms with E-state index in [-0.39, 0.29) is 40.2 Å². The molecule has 1 aliphatic carbocycles. The number of pyridine rings is 1. The molecule has 1 saturated carbocycles. The SMILES string of the molecule is N#Cc1ccc(N2C(=O)CC(Sc3nc(N)c(C#N)c(C4CC4)c3C#N)C2=O)cc1. The van der Waals surface area contributed by atoms with Crippen LogP contribution in [0.1, 0.15) is 47.4 Å². The van der Waals surface area contributed by atoms with E-state index >= 15 is 0 Å². The Kier molecular flexibility index (Phi) is 4.87. The fraction of sp³-hybridized carbons (Fsp3) is 0.238. The Labute approximate surface area is 176 Å². The lowest BCUT2D eigenvalue weighted by atomic mass is 10.0. The van der Waals surface area contributed by atoms with E-state index in [1.54, 1.807) is 12.1 Å². The minimum absolute atomic E-state index is 0.0293. The number of imide groups is 1. The molecule has 9 heteroatoms. The number of benzene rings is 1. The van der Waals surface area contributed by atoms with Gasteiger partial charge in [-0.05, 0) is 48.6 Å². The van der Waals surface area contributed by atoms with E-state index in [9.17, 15) is 20.1 Å². The number of anilines is 2. The summed E-state index contributed by atoms with van der Waals surface area (Å²) >= 11 is 1.03. The lowest BCUT2D eigenvalue weighted by Gasteiger charge is -2.16. The fourth-order valence-electron chi connectivity index (χ4n) is 3.48. The summed E-state index contributed by atoms with van der Waals surface area (Å²) in [5, 5.41) is 27.6. The Balaban J connectivity index is 1.66. The average molecular weight is 414 g/mol. The van der Waals surface area contributed by atoms with Crippen molar-refractivity contribution in [1.82, 2.24) is 4.98 Å². The van der Waals surface area contributed by atoms with Crippen molar-refractivity contribution < 1.29 is 9.59 Å². The average Bonchev–Trinajstić information content (AvgIpc) is 3.54. The molecule has 2 aromatic rings. The Hall–Kier alpha value is -3.87. The van der Waals surface area contributed by atoms with Crippen molar-refractivity contribution in [3.63, 3.8) is 0 Å². The first-order valence-electron chi connectivity index (χ1n) is 9.15. The Bertz CT molecular complexity index is 1200. The molecule has 146 valence electrons. The van der Waals surface area contributed by atoms with Gasteiger partial charge in [-0.1, -0.05) is 11.8 Å². The maximum atomic E-state index is 12.9. The third-order valence-electron chi connectivity index (χ3n) is 5.05. The van der Waals surface area contributed by atoms with Gasteiger partial charge in [0.1, 0.15) is 23.0 Å². The second-order valence-electron chi connectivity index (χ2n) is 7.00. The van der Waals surface area contributed by atoms with E-state index in [0.717, 1.165) is 29.5 Å². The number of nitrogens with zero attached hydrogens (tertiary/aromatic N) is 5. The summed E-state index contributed by atoms with van der Waals surface area (Å²) in [4.78, 5) is 30.7. The number of nitrogens with two attached hydrogens (primary N) is 1. The molecule has 1 atom stereocenters. The molecular formula is C21H14N6O2S. The van der Waals surface area contributed by atoms with Gasteiger partial charge in [-0.2, -0.15) is 15.8 Å². The summed E-state index contributed by atoms with van der Waals surface area (Å²) < 4.78 is 0. The summed E-state index contributed by atoms with van der Waals surface area (Å²) in [7, 11) is 0. The topological polar surface area (TPSA) is 148 Å². The third kappa shape index (κ3) is 3.24. The van der Waals surface area contributed by atoms with Crippen molar-refractivity contribution in [1.29, 1.82) is 15.8 Å². The molecular weight excluding hydrogens is 400 g/mol. The zero-order chi connectivity index (χ0) is 21.4. The molecule has 0 bridgehead atoms. The van der Waals surface area contributed by atoms with Crippen molar-refractivity contribution in [2.24, 2.45) is 0 Å². The van der Waals surface area contributed by atoms with Gasteiger partial charge < -0.3 is 5.73 Å². The van der Waals surface area contributed by atoms with Gasteiger partial charge in [0, 0.05) is 6.42 Å². The monoisotopic (exact) mass is 414 g/mol. The number of carbonyl (C=O) groups is 2. The van der Waals surface area contributed by atoms with Gasteiger partial charge in [0.15, 0.2) is 0 Å². The third-order valence-corrected chi connectivity index (χ3v) is 6.23. The summed E-state index contributed by atoms with van der Waals surface area (Å²) in [5.41, 5.74) is 7.83. The van der Waals surface area contributed by atoms with E-state index in [4.69, 9.17) is 11.0 Å². The number of rotatable bonds is 4. The maximum absolute atomic E-state index is 12.9. The van der Waals surface area contributed by atoms with Crippen LogP contribution in [-0.4, -0.2) is 22.0 Å². The molecule has 1 saturated heterocycles. The molecule has 1 aromatic heterocycles. The molecule has 1 unspecified atom stereocenters. The maximum Gasteiger partial charge on any atom is 0.247 e. The number of carbonyl (C=O) groups excluding carboxylic acids is 2. The molecule has 0 radical (unpaired) electrons. The molecule has 1 aromatic carbocycles. The smallest absolute Gasteiger partial charge is 0.247 e. The number of hydrogen-bond acceptors (Lipinski definition) is 8. The first-order valence-corrected chi connectivity index (χ1v) is 10.0. The van der Waals surface area contributed by atoms with Gasteiger partial charge in [0.05, 0.1) is 33.7 Å². The summed E-state index contributed by atoms with van der Waals surface area (Å²) in [6.07, 6.45) is 1.68. The minimum Gasteiger partial charge on any atom is -0.383 e. The molecule has 2 fully saturated rings. The molecule has 30 heavy (non-hydrogen) atoms. The first-order chi connectivity index (χ1) is 14.5. The highest BCUT2D eigenvalue weighted by Crippen LogP contribution is 2.46. The van der Waals surface area contributed by atoms with Gasteiger partial charge in [-0.15, -0.1) is 0 Å². The molecule has 1 aliphatic heterocycles. The number of nitriles is 3. The van der Waals surface area contributed by atoms with Crippen LogP contribution in [0.25, 0.3) is 0 Å². The number of nitrogen functional groups attached to an aromatic ring is 1.